The molecule has 3 heteroatoms. The molecule has 0 saturated carbocycles. The molecule has 2 aliphatic rings. The molecule has 0 heterocycles. The van der Waals surface area contributed by atoms with E-state index in [2.05, 4.69) is 17.3 Å². The van der Waals surface area contributed by atoms with Crippen LogP contribution < -0.4 is 0 Å². The Morgan fingerprint density at radius 1 is 0.950 bits per heavy atom. The number of hydrogen-bond donors (Lipinski definition) is 1. The molecule has 2 aliphatic carbocycles. The standard InChI is InChI=1S/C17H15NO2/c19-14-6-2-4-12-8-10-17(16(12)14)9-7-11-3-1-5-13(18-20)15(11)17/h1-6,19H,7-10H2. The van der Waals surface area contributed by atoms with Crippen LogP contribution in [0.2, 0.25) is 0 Å². The Morgan fingerprint density at radius 2 is 1.60 bits per heavy atom. The highest BCUT2D eigenvalue weighted by Gasteiger charge is 2.47. The largest absolute Gasteiger partial charge is 0.508 e. The maximum absolute atomic E-state index is 11.2. The van der Waals surface area contributed by atoms with E-state index in [9.17, 15) is 10.0 Å². The number of aromatic hydroxyl groups is 1. The van der Waals surface area contributed by atoms with Crippen LogP contribution in [0.1, 0.15) is 35.1 Å². The summed E-state index contributed by atoms with van der Waals surface area (Å²) in [5.41, 5.74) is 4.82. The minimum Gasteiger partial charge on any atom is -0.508 e. The van der Waals surface area contributed by atoms with Crippen LogP contribution in [0.3, 0.4) is 0 Å². The number of nitroso groups, excluding NO2 is 1. The van der Waals surface area contributed by atoms with Crippen molar-refractivity contribution in [3.8, 4) is 5.75 Å². The lowest BCUT2D eigenvalue weighted by atomic mass is 9.75. The van der Waals surface area contributed by atoms with Gasteiger partial charge in [-0.25, -0.2) is 0 Å². The van der Waals surface area contributed by atoms with Gasteiger partial charge in [-0.15, -0.1) is 4.91 Å². The molecular weight excluding hydrogens is 250 g/mol. The third-order valence-electron chi connectivity index (χ3n) is 4.96. The van der Waals surface area contributed by atoms with E-state index in [0.29, 0.717) is 11.4 Å². The first-order valence-corrected chi connectivity index (χ1v) is 7.03. The normalized spacial score (nSPS) is 22.8. The Bertz CT molecular complexity index is 719. The molecule has 1 unspecified atom stereocenters. The fourth-order valence-corrected chi connectivity index (χ4v) is 4.22. The van der Waals surface area contributed by atoms with Crippen LogP contribution in [-0.4, -0.2) is 5.11 Å². The van der Waals surface area contributed by atoms with Crippen molar-refractivity contribution in [3.05, 3.63) is 63.6 Å². The van der Waals surface area contributed by atoms with E-state index in [0.717, 1.165) is 36.8 Å². The second kappa shape index (κ2) is 3.92. The maximum atomic E-state index is 11.2. The van der Waals surface area contributed by atoms with Gasteiger partial charge < -0.3 is 5.11 Å². The lowest BCUT2D eigenvalue weighted by Crippen LogP contribution is -2.21. The molecule has 0 fully saturated rings. The van der Waals surface area contributed by atoms with Crippen molar-refractivity contribution in [1.29, 1.82) is 0 Å². The Balaban J connectivity index is 2.04. The van der Waals surface area contributed by atoms with Crippen molar-refractivity contribution in [2.24, 2.45) is 5.18 Å². The van der Waals surface area contributed by atoms with Gasteiger partial charge in [-0.05, 0) is 59.7 Å². The van der Waals surface area contributed by atoms with Crippen LogP contribution >= 0.6 is 0 Å². The van der Waals surface area contributed by atoms with Crippen LogP contribution in [-0.2, 0) is 18.3 Å². The average molecular weight is 265 g/mol. The van der Waals surface area contributed by atoms with E-state index in [1.807, 2.05) is 12.1 Å². The van der Waals surface area contributed by atoms with E-state index in [-0.39, 0.29) is 5.41 Å². The van der Waals surface area contributed by atoms with Crippen molar-refractivity contribution < 1.29 is 5.11 Å². The zero-order chi connectivity index (χ0) is 13.7. The molecule has 2 aromatic rings. The molecule has 1 N–H and O–H groups in total. The van der Waals surface area contributed by atoms with Crippen LogP contribution in [0.25, 0.3) is 0 Å². The van der Waals surface area contributed by atoms with Crippen LogP contribution in [0, 0.1) is 4.91 Å². The smallest absolute Gasteiger partial charge is 0.119 e. The summed E-state index contributed by atoms with van der Waals surface area (Å²) in [7, 11) is 0. The topological polar surface area (TPSA) is 49.7 Å². The SMILES string of the molecule is O=Nc1cccc2c1C1(CCc3cccc(O)c31)CC2. The predicted octanol–water partition coefficient (Wildman–Crippen LogP) is 3.97. The van der Waals surface area contributed by atoms with E-state index in [1.54, 1.807) is 12.1 Å². The molecule has 0 aliphatic heterocycles. The third-order valence-corrected chi connectivity index (χ3v) is 4.96. The van der Waals surface area contributed by atoms with Gasteiger partial charge in [0, 0.05) is 11.0 Å². The zero-order valence-electron chi connectivity index (χ0n) is 11.1. The highest BCUT2D eigenvalue weighted by atomic mass is 16.3. The molecule has 0 amide bonds. The summed E-state index contributed by atoms with van der Waals surface area (Å²) >= 11 is 0. The summed E-state index contributed by atoms with van der Waals surface area (Å²) in [6, 6.07) is 11.5. The number of fused-ring (bicyclic) bond motifs is 4. The summed E-state index contributed by atoms with van der Waals surface area (Å²) in [5.74, 6) is 0.355. The average Bonchev–Trinajstić information content (AvgIpc) is 3.03. The molecular formula is C17H15NO2. The minimum atomic E-state index is -0.208. The number of nitrogens with zero attached hydrogens (tertiary/aromatic N) is 1. The lowest BCUT2D eigenvalue weighted by Gasteiger charge is -2.27. The van der Waals surface area contributed by atoms with Gasteiger partial charge in [-0.1, -0.05) is 24.3 Å². The minimum absolute atomic E-state index is 0.208. The van der Waals surface area contributed by atoms with Gasteiger partial charge in [0.1, 0.15) is 11.4 Å². The first-order chi connectivity index (χ1) is 9.76. The fourth-order valence-electron chi connectivity index (χ4n) is 4.22. The summed E-state index contributed by atoms with van der Waals surface area (Å²) in [4.78, 5) is 11.2. The number of rotatable bonds is 1. The summed E-state index contributed by atoms with van der Waals surface area (Å²) in [6.45, 7) is 0. The molecule has 100 valence electrons. The van der Waals surface area contributed by atoms with Gasteiger partial charge >= 0.3 is 0 Å². The summed E-state index contributed by atoms with van der Waals surface area (Å²) in [6.07, 6.45) is 3.82. The molecule has 0 aromatic heterocycles. The fraction of sp³-hybridized carbons (Fsp3) is 0.294. The number of phenolic OH excluding ortho intramolecular Hbond substituents is 1. The van der Waals surface area contributed by atoms with Crippen molar-refractivity contribution in [2.75, 3.05) is 0 Å². The monoisotopic (exact) mass is 265 g/mol. The second-order valence-corrected chi connectivity index (χ2v) is 5.80. The van der Waals surface area contributed by atoms with E-state index < -0.39 is 0 Å². The molecule has 1 atom stereocenters. The van der Waals surface area contributed by atoms with E-state index in [4.69, 9.17) is 0 Å². The highest BCUT2D eigenvalue weighted by molar-refractivity contribution is 5.65. The predicted molar refractivity (Wildman–Crippen MR) is 77.4 cm³/mol. The number of hydrogen-bond acceptors (Lipinski definition) is 3. The summed E-state index contributed by atoms with van der Waals surface area (Å²) < 4.78 is 0. The molecule has 2 aromatic carbocycles. The van der Waals surface area contributed by atoms with Crippen LogP contribution in [0.4, 0.5) is 5.69 Å². The quantitative estimate of drug-likeness (QED) is 0.793. The maximum Gasteiger partial charge on any atom is 0.119 e. The first kappa shape index (κ1) is 11.6. The van der Waals surface area contributed by atoms with Gasteiger partial charge in [-0.3, -0.25) is 0 Å². The van der Waals surface area contributed by atoms with Crippen molar-refractivity contribution in [1.82, 2.24) is 0 Å². The molecule has 3 nitrogen and oxygen atoms in total. The van der Waals surface area contributed by atoms with Gasteiger partial charge in [0.05, 0.1) is 0 Å². The van der Waals surface area contributed by atoms with Crippen LogP contribution in [0.5, 0.6) is 5.75 Å². The molecule has 4 rings (SSSR count). The third kappa shape index (κ3) is 1.30. The number of benzene rings is 2. The Kier molecular flexibility index (Phi) is 2.28. The Hall–Kier alpha value is -2.16. The molecule has 20 heavy (non-hydrogen) atoms. The lowest BCUT2D eigenvalue weighted by molar-refractivity contribution is 0.436. The van der Waals surface area contributed by atoms with Gasteiger partial charge in [0.25, 0.3) is 0 Å². The molecule has 0 saturated heterocycles. The van der Waals surface area contributed by atoms with Gasteiger partial charge in [0.15, 0.2) is 0 Å². The molecule has 0 bridgehead atoms. The molecule has 1 spiro atoms. The van der Waals surface area contributed by atoms with E-state index in [1.165, 1.54) is 11.1 Å². The first-order valence-electron chi connectivity index (χ1n) is 7.03. The van der Waals surface area contributed by atoms with E-state index >= 15 is 0 Å². The summed E-state index contributed by atoms with van der Waals surface area (Å²) in [5, 5.41) is 13.6. The zero-order valence-corrected chi connectivity index (χ0v) is 11.1. The van der Waals surface area contributed by atoms with Gasteiger partial charge in [0.2, 0.25) is 0 Å². The number of phenols is 1. The number of aryl methyl sites for hydroxylation is 2. The Labute approximate surface area is 117 Å². The van der Waals surface area contributed by atoms with Crippen molar-refractivity contribution >= 4 is 5.69 Å². The molecule has 0 radical (unpaired) electrons. The van der Waals surface area contributed by atoms with Gasteiger partial charge in [-0.2, -0.15) is 0 Å². The van der Waals surface area contributed by atoms with Crippen molar-refractivity contribution in [2.45, 2.75) is 31.1 Å². The van der Waals surface area contributed by atoms with Crippen molar-refractivity contribution in [3.63, 3.8) is 0 Å². The second-order valence-electron chi connectivity index (χ2n) is 5.80. The van der Waals surface area contributed by atoms with Crippen LogP contribution in [0.15, 0.2) is 41.6 Å². The Morgan fingerprint density at radius 3 is 2.30 bits per heavy atom. The highest BCUT2D eigenvalue weighted by Crippen LogP contribution is 2.57.